The largest absolute Gasteiger partial charge is 0.857 e. The van der Waals surface area contributed by atoms with Crippen LogP contribution in [0.15, 0.2) is 28.8 Å². The Bertz CT molecular complexity index is 362. The van der Waals surface area contributed by atoms with Crippen LogP contribution in [0.5, 0.6) is 0 Å². The van der Waals surface area contributed by atoms with Gasteiger partial charge in [-0.15, -0.1) is 0 Å². The maximum atomic E-state index is 12.3. The Morgan fingerprint density at radius 3 is 2.36 bits per heavy atom. The molecule has 6 heteroatoms. The van der Waals surface area contributed by atoms with E-state index in [1.807, 2.05) is 0 Å². The van der Waals surface area contributed by atoms with Crippen LogP contribution in [0, 0.1) is 0 Å². The first-order chi connectivity index (χ1) is 6.46. The minimum atomic E-state index is -4.58. The van der Waals surface area contributed by atoms with E-state index in [-0.39, 0.29) is 0 Å². The van der Waals surface area contributed by atoms with Gasteiger partial charge in [-0.1, -0.05) is 18.2 Å². The zero-order chi connectivity index (χ0) is 10.8. The molecule has 0 heterocycles. The van der Waals surface area contributed by atoms with Gasteiger partial charge < -0.3 is 5.11 Å². The van der Waals surface area contributed by atoms with Gasteiger partial charge in [-0.25, -0.2) is 0 Å². The van der Waals surface area contributed by atoms with Gasteiger partial charge in [-0.3, -0.25) is 0 Å². The molecule has 2 nitrogen and oxygen atoms in total. The van der Waals surface area contributed by atoms with Gasteiger partial charge >= 0.3 is 6.18 Å². The normalized spacial score (nSPS) is 13.0. The average Bonchev–Trinajstić information content (AvgIpc) is 2.15. The molecule has 0 bridgehead atoms. The number of alkyl halides is 3. The van der Waals surface area contributed by atoms with E-state index >= 15 is 0 Å². The Morgan fingerprint density at radius 1 is 1.29 bits per heavy atom. The molecule has 0 saturated heterocycles. The molecule has 0 aromatic heterocycles. The van der Waals surface area contributed by atoms with E-state index in [9.17, 15) is 18.3 Å². The number of nitrogens with zero attached hydrogens (tertiary/aromatic N) is 1. The van der Waals surface area contributed by atoms with Crippen molar-refractivity contribution in [1.29, 1.82) is 0 Å². The fourth-order valence-corrected chi connectivity index (χ4v) is 1.05. The number of hydrogen-bond donors (Lipinski definition) is 0. The zero-order valence-corrected chi connectivity index (χ0v) is 7.43. The Morgan fingerprint density at radius 2 is 1.86 bits per heavy atom. The van der Waals surface area contributed by atoms with Crippen molar-refractivity contribution >= 4 is 17.7 Å². The van der Waals surface area contributed by atoms with Gasteiger partial charge in [0.1, 0.15) is 0 Å². The number of halogens is 4. The summed E-state index contributed by atoms with van der Waals surface area (Å²) in [5.74, 6) is -1.10. The third-order valence-corrected chi connectivity index (χ3v) is 1.69. The van der Waals surface area contributed by atoms with Crippen LogP contribution >= 0.6 is 11.8 Å². The molecular weight excluding hydrogens is 219 g/mol. The van der Waals surface area contributed by atoms with E-state index in [2.05, 4.69) is 4.51 Å². The maximum Gasteiger partial charge on any atom is 0.417 e. The summed E-state index contributed by atoms with van der Waals surface area (Å²) < 4.78 is 39.6. The molecule has 0 radical (unpaired) electrons. The molecule has 1 rings (SSSR count). The molecular formula is C8H4ClF3NO-. The van der Waals surface area contributed by atoms with Crippen LogP contribution in [-0.2, 0) is 6.18 Å². The van der Waals surface area contributed by atoms with E-state index in [0.29, 0.717) is 0 Å². The Balaban J connectivity index is 3.31. The van der Waals surface area contributed by atoms with Crippen molar-refractivity contribution in [2.24, 2.45) is 4.51 Å². The highest BCUT2D eigenvalue weighted by molar-refractivity contribution is 6.20. The minimum absolute atomic E-state index is 0.546. The SMILES string of the molecule is [O-]C(=NCl)c1ccccc1C(F)(F)F. The summed E-state index contributed by atoms with van der Waals surface area (Å²) in [6.45, 7) is 0. The van der Waals surface area contributed by atoms with Gasteiger partial charge in [0.25, 0.3) is 0 Å². The third-order valence-electron chi connectivity index (χ3n) is 1.54. The fourth-order valence-electron chi connectivity index (χ4n) is 0.962. The first-order valence-electron chi connectivity index (χ1n) is 3.49. The van der Waals surface area contributed by atoms with Crippen molar-refractivity contribution in [2.75, 3.05) is 0 Å². The lowest BCUT2D eigenvalue weighted by Crippen LogP contribution is -2.22. The molecule has 76 valence electrons. The molecule has 0 aliphatic rings. The summed E-state index contributed by atoms with van der Waals surface area (Å²) in [6.07, 6.45) is -4.58. The number of rotatable bonds is 1. The Labute approximate surface area is 82.8 Å². The zero-order valence-electron chi connectivity index (χ0n) is 6.68. The second-order valence-corrected chi connectivity index (χ2v) is 2.60. The lowest BCUT2D eigenvalue weighted by molar-refractivity contribution is -0.213. The summed E-state index contributed by atoms with van der Waals surface area (Å²) >= 11 is 4.82. The number of benzene rings is 1. The summed E-state index contributed by atoms with van der Waals surface area (Å²) in [6, 6.07) is 4.32. The molecule has 0 saturated carbocycles. The van der Waals surface area contributed by atoms with Gasteiger partial charge in [0, 0.05) is 17.7 Å². The highest BCUT2D eigenvalue weighted by Crippen LogP contribution is 2.31. The van der Waals surface area contributed by atoms with Crippen molar-refractivity contribution in [3.63, 3.8) is 0 Å². The van der Waals surface area contributed by atoms with Crippen molar-refractivity contribution in [1.82, 2.24) is 0 Å². The molecule has 14 heavy (non-hydrogen) atoms. The second kappa shape index (κ2) is 3.88. The fraction of sp³-hybridized carbons (Fsp3) is 0.125. The first-order valence-corrected chi connectivity index (χ1v) is 3.83. The minimum Gasteiger partial charge on any atom is -0.857 e. The van der Waals surface area contributed by atoms with E-state index in [4.69, 9.17) is 11.8 Å². The lowest BCUT2D eigenvalue weighted by Gasteiger charge is -2.15. The molecule has 0 unspecified atom stereocenters. The van der Waals surface area contributed by atoms with Crippen molar-refractivity contribution in [3.05, 3.63) is 35.4 Å². The average molecular weight is 223 g/mol. The van der Waals surface area contributed by atoms with E-state index < -0.39 is 23.2 Å². The standard InChI is InChI=1S/C8H5ClF3NO/c9-13-7(14)5-3-1-2-4-6(5)8(10,11)12/h1-4H,(H,13,14)/p-1. The molecule has 1 aromatic carbocycles. The molecule has 0 N–H and O–H groups in total. The van der Waals surface area contributed by atoms with Crippen LogP contribution < -0.4 is 5.11 Å². The molecule has 0 amide bonds. The monoisotopic (exact) mass is 222 g/mol. The van der Waals surface area contributed by atoms with Gasteiger partial charge in [-0.2, -0.15) is 17.7 Å². The van der Waals surface area contributed by atoms with E-state index in [0.717, 1.165) is 12.1 Å². The van der Waals surface area contributed by atoms with Crippen molar-refractivity contribution < 1.29 is 18.3 Å². The Kier molecular flexibility index (Phi) is 3.00. The van der Waals surface area contributed by atoms with Gasteiger partial charge in [0.2, 0.25) is 0 Å². The van der Waals surface area contributed by atoms with Crippen LogP contribution in [0.1, 0.15) is 11.1 Å². The molecule has 1 aromatic rings. The smallest absolute Gasteiger partial charge is 0.417 e. The summed E-state index contributed by atoms with van der Waals surface area (Å²) in [5, 5.41) is 10.9. The van der Waals surface area contributed by atoms with Crippen molar-refractivity contribution in [3.8, 4) is 0 Å². The molecule has 0 fully saturated rings. The summed E-state index contributed by atoms with van der Waals surface area (Å²) in [5.41, 5.74) is -1.58. The lowest BCUT2D eigenvalue weighted by atomic mass is 10.1. The van der Waals surface area contributed by atoms with Gasteiger partial charge in [0.05, 0.1) is 5.56 Å². The topological polar surface area (TPSA) is 35.4 Å². The van der Waals surface area contributed by atoms with E-state index in [1.165, 1.54) is 12.1 Å². The van der Waals surface area contributed by atoms with Crippen LogP contribution in [0.4, 0.5) is 13.2 Å². The predicted octanol–water partition coefficient (Wildman–Crippen LogP) is 1.97. The molecule has 0 atom stereocenters. The van der Waals surface area contributed by atoms with Crippen LogP contribution in [0.3, 0.4) is 0 Å². The highest BCUT2D eigenvalue weighted by Gasteiger charge is 2.32. The van der Waals surface area contributed by atoms with Crippen LogP contribution in [-0.4, -0.2) is 5.90 Å². The van der Waals surface area contributed by atoms with Gasteiger partial charge in [-0.05, 0) is 11.6 Å². The van der Waals surface area contributed by atoms with Crippen LogP contribution in [0.25, 0.3) is 0 Å². The second-order valence-electron chi connectivity index (χ2n) is 2.43. The van der Waals surface area contributed by atoms with E-state index in [1.54, 1.807) is 0 Å². The first kappa shape index (κ1) is 10.8. The molecule has 0 aliphatic heterocycles. The summed E-state index contributed by atoms with van der Waals surface area (Å²) in [4.78, 5) is 0. The third kappa shape index (κ3) is 2.17. The predicted molar refractivity (Wildman–Crippen MR) is 43.8 cm³/mol. The maximum absolute atomic E-state index is 12.3. The summed E-state index contributed by atoms with van der Waals surface area (Å²) in [7, 11) is 0. The van der Waals surface area contributed by atoms with Gasteiger partial charge in [0.15, 0.2) is 0 Å². The number of hydrogen-bond acceptors (Lipinski definition) is 2. The molecule has 0 spiro atoms. The van der Waals surface area contributed by atoms with Crippen LogP contribution in [0.2, 0.25) is 0 Å². The Hall–Kier alpha value is -1.23. The molecule has 0 aliphatic carbocycles. The highest BCUT2D eigenvalue weighted by atomic mass is 35.5. The van der Waals surface area contributed by atoms with Crippen molar-refractivity contribution in [2.45, 2.75) is 6.18 Å². The quantitative estimate of drug-likeness (QED) is 0.529.